The van der Waals surface area contributed by atoms with Gasteiger partial charge < -0.3 is 15.5 Å². The molecule has 1 aromatic heterocycles. The molecular weight excluding hydrogens is 356 g/mol. The molecule has 8 heteroatoms. The van der Waals surface area contributed by atoms with Gasteiger partial charge in [-0.1, -0.05) is 24.3 Å². The Labute approximate surface area is 156 Å². The molecule has 138 valence electrons. The number of aromatic nitrogens is 1. The largest absolute Gasteiger partial charge is 0.384 e. The van der Waals surface area contributed by atoms with E-state index in [0.29, 0.717) is 11.3 Å². The molecule has 0 fully saturated rings. The molecule has 0 aliphatic carbocycles. The number of ether oxygens (including phenoxy) is 1. The van der Waals surface area contributed by atoms with Gasteiger partial charge in [0.2, 0.25) is 0 Å². The molecule has 0 radical (unpaired) electrons. The van der Waals surface area contributed by atoms with Crippen LogP contribution in [0.1, 0.15) is 35.4 Å². The van der Waals surface area contributed by atoms with Crippen LogP contribution in [0.25, 0.3) is 0 Å². The number of hydrogen-bond donors (Lipinski definition) is 3. The number of nitrogens with one attached hydrogen (secondary N) is 2. The third-order valence-electron chi connectivity index (χ3n) is 3.75. The minimum Gasteiger partial charge on any atom is -0.384 e. The van der Waals surface area contributed by atoms with Gasteiger partial charge in [-0.15, -0.1) is 0 Å². The van der Waals surface area contributed by atoms with E-state index in [1.54, 1.807) is 50.2 Å². The number of carbonyl (C=O) groups excluding carboxylic acids is 1. The van der Waals surface area contributed by atoms with E-state index in [-0.39, 0.29) is 30.1 Å². The number of halogens is 1. The summed E-state index contributed by atoms with van der Waals surface area (Å²) < 4.78 is 6.47. The summed E-state index contributed by atoms with van der Waals surface area (Å²) in [6.07, 6.45) is -1.08. The van der Waals surface area contributed by atoms with Crippen LogP contribution in [0.2, 0.25) is 0 Å². The first-order valence-corrected chi connectivity index (χ1v) is 8.39. The molecule has 0 saturated carbocycles. The van der Waals surface area contributed by atoms with E-state index in [4.69, 9.17) is 27.7 Å². The Hall–Kier alpha value is -2.64. The third-order valence-corrected chi connectivity index (χ3v) is 4.04. The highest BCUT2D eigenvalue weighted by molar-refractivity contribution is 6.21. The lowest BCUT2D eigenvalue weighted by molar-refractivity contribution is -0.139. The van der Waals surface area contributed by atoms with Crippen molar-refractivity contribution in [2.24, 2.45) is 5.73 Å². The fourth-order valence-corrected chi connectivity index (χ4v) is 2.63. The van der Waals surface area contributed by atoms with E-state index in [0.717, 1.165) is 9.98 Å². The molecule has 7 nitrogen and oxygen atoms in total. The molecule has 1 aromatic carbocycles. The molecule has 1 heterocycles. The zero-order chi connectivity index (χ0) is 19.3. The van der Waals surface area contributed by atoms with Crippen LogP contribution in [-0.2, 0) is 16.1 Å². The van der Waals surface area contributed by atoms with Crippen LogP contribution in [0.4, 0.5) is 0 Å². The second kappa shape index (κ2) is 8.64. The SMILES string of the molecule is CCOC(C(=O)N(Cl)Cc1ccc(C(=N)N)cc1)c1ccc(C)[nH]c1=O. The average Bonchev–Trinajstić information content (AvgIpc) is 2.60. The zero-order valence-corrected chi connectivity index (χ0v) is 15.3. The van der Waals surface area contributed by atoms with Gasteiger partial charge in [0.25, 0.3) is 11.5 Å². The second-order valence-corrected chi connectivity index (χ2v) is 6.14. The first-order valence-electron chi connectivity index (χ1n) is 8.05. The fraction of sp³-hybridized carbons (Fsp3) is 0.278. The average molecular weight is 377 g/mol. The Morgan fingerprint density at radius 2 is 1.96 bits per heavy atom. The van der Waals surface area contributed by atoms with Crippen molar-refractivity contribution in [1.82, 2.24) is 9.40 Å². The van der Waals surface area contributed by atoms with Crippen molar-refractivity contribution in [3.8, 4) is 0 Å². The maximum absolute atomic E-state index is 12.7. The van der Waals surface area contributed by atoms with Crippen LogP contribution < -0.4 is 11.3 Å². The van der Waals surface area contributed by atoms with Crippen LogP contribution in [0.5, 0.6) is 0 Å². The number of hydrogen-bond acceptors (Lipinski definition) is 4. The standard InChI is InChI=1S/C18H21ClN4O3/c1-3-26-15(14-9-4-11(2)22-17(14)24)18(25)23(19)10-12-5-7-13(8-6-12)16(20)21/h4-9,15H,3,10H2,1-2H3,(H3,20,21)(H,22,24). The number of amides is 1. The van der Waals surface area contributed by atoms with Crippen molar-refractivity contribution in [1.29, 1.82) is 5.41 Å². The molecule has 0 spiro atoms. The number of rotatable bonds is 7. The van der Waals surface area contributed by atoms with Gasteiger partial charge in [0.15, 0.2) is 6.10 Å². The predicted molar refractivity (Wildman–Crippen MR) is 100 cm³/mol. The van der Waals surface area contributed by atoms with Crippen molar-refractivity contribution in [3.05, 3.63) is 69.1 Å². The monoisotopic (exact) mass is 376 g/mol. The number of aromatic amines is 1. The highest BCUT2D eigenvalue weighted by Gasteiger charge is 2.28. The van der Waals surface area contributed by atoms with E-state index in [2.05, 4.69) is 4.98 Å². The topological polar surface area (TPSA) is 112 Å². The summed E-state index contributed by atoms with van der Waals surface area (Å²) in [5.41, 5.74) is 7.27. The highest BCUT2D eigenvalue weighted by atomic mass is 35.5. The number of amidine groups is 1. The number of nitrogens with zero attached hydrogens (tertiary/aromatic N) is 1. The van der Waals surface area contributed by atoms with Crippen molar-refractivity contribution < 1.29 is 9.53 Å². The van der Waals surface area contributed by atoms with Gasteiger partial charge in [0, 0.05) is 29.6 Å². The van der Waals surface area contributed by atoms with Crippen molar-refractivity contribution in [2.45, 2.75) is 26.5 Å². The Bertz CT molecular complexity index is 848. The molecule has 2 rings (SSSR count). The first kappa shape index (κ1) is 19.7. The van der Waals surface area contributed by atoms with Gasteiger partial charge in [0.1, 0.15) is 5.84 Å². The Morgan fingerprint density at radius 3 is 2.50 bits per heavy atom. The van der Waals surface area contributed by atoms with Gasteiger partial charge in [-0.2, -0.15) is 0 Å². The Morgan fingerprint density at radius 1 is 1.31 bits per heavy atom. The van der Waals surface area contributed by atoms with Gasteiger partial charge >= 0.3 is 0 Å². The minimum atomic E-state index is -1.08. The van der Waals surface area contributed by atoms with Gasteiger partial charge in [0.05, 0.1) is 12.1 Å². The predicted octanol–water partition coefficient (Wildman–Crippen LogP) is 2.23. The number of nitrogens with two attached hydrogens (primary N) is 1. The lowest BCUT2D eigenvalue weighted by Crippen LogP contribution is -2.32. The first-order chi connectivity index (χ1) is 12.3. The molecule has 2 aromatic rings. The normalized spacial score (nSPS) is 11.8. The van der Waals surface area contributed by atoms with E-state index in [1.807, 2.05) is 0 Å². The molecule has 1 amide bonds. The molecule has 4 N–H and O–H groups in total. The lowest BCUT2D eigenvalue weighted by Gasteiger charge is -2.21. The number of carbonyl (C=O) groups is 1. The molecule has 26 heavy (non-hydrogen) atoms. The summed E-state index contributed by atoms with van der Waals surface area (Å²) in [6.45, 7) is 3.86. The van der Waals surface area contributed by atoms with Crippen LogP contribution >= 0.6 is 11.8 Å². The van der Waals surface area contributed by atoms with Crippen LogP contribution in [0.3, 0.4) is 0 Å². The van der Waals surface area contributed by atoms with Gasteiger partial charge in [-0.05, 0) is 31.5 Å². The zero-order valence-electron chi connectivity index (χ0n) is 14.6. The van der Waals surface area contributed by atoms with Gasteiger partial charge in [-0.3, -0.25) is 15.0 Å². The number of benzene rings is 1. The highest BCUT2D eigenvalue weighted by Crippen LogP contribution is 2.20. The number of nitrogen functional groups attached to an aromatic ring is 1. The maximum Gasteiger partial charge on any atom is 0.271 e. The number of pyridine rings is 1. The third kappa shape index (κ3) is 4.71. The summed E-state index contributed by atoms with van der Waals surface area (Å²) >= 11 is 6.16. The Kier molecular flexibility index (Phi) is 6.54. The van der Waals surface area contributed by atoms with E-state index >= 15 is 0 Å². The van der Waals surface area contributed by atoms with E-state index < -0.39 is 12.0 Å². The summed E-state index contributed by atoms with van der Waals surface area (Å²) in [5.74, 6) is -0.566. The molecule has 0 aliphatic rings. The molecule has 1 unspecified atom stereocenters. The molecule has 0 bridgehead atoms. The van der Waals surface area contributed by atoms with E-state index in [9.17, 15) is 9.59 Å². The Balaban J connectivity index is 2.19. The number of aryl methyl sites for hydroxylation is 1. The van der Waals surface area contributed by atoms with Crippen molar-refractivity contribution in [3.63, 3.8) is 0 Å². The summed E-state index contributed by atoms with van der Waals surface area (Å²) in [7, 11) is 0. The summed E-state index contributed by atoms with van der Waals surface area (Å²) in [5, 5.41) is 7.39. The quantitative estimate of drug-likeness (QED) is 0.390. The second-order valence-electron chi connectivity index (χ2n) is 5.73. The van der Waals surface area contributed by atoms with E-state index in [1.165, 1.54) is 0 Å². The molecule has 0 saturated heterocycles. The minimum absolute atomic E-state index is 0.0367. The lowest BCUT2D eigenvalue weighted by atomic mass is 10.1. The molecule has 1 atom stereocenters. The molecule has 0 aliphatic heterocycles. The van der Waals surface area contributed by atoms with Crippen LogP contribution in [0, 0.1) is 12.3 Å². The van der Waals surface area contributed by atoms with Crippen LogP contribution in [-0.4, -0.2) is 27.8 Å². The summed E-state index contributed by atoms with van der Waals surface area (Å²) in [6, 6.07) is 10.1. The number of H-pyrrole nitrogens is 1. The van der Waals surface area contributed by atoms with Crippen molar-refractivity contribution in [2.75, 3.05) is 6.61 Å². The summed E-state index contributed by atoms with van der Waals surface area (Å²) in [4.78, 5) is 27.5. The van der Waals surface area contributed by atoms with Crippen LogP contribution in [0.15, 0.2) is 41.2 Å². The van der Waals surface area contributed by atoms with Crippen molar-refractivity contribution >= 4 is 23.5 Å². The molecular formula is C18H21ClN4O3. The van der Waals surface area contributed by atoms with Gasteiger partial charge in [-0.25, -0.2) is 4.42 Å². The fourth-order valence-electron chi connectivity index (χ4n) is 2.41. The maximum atomic E-state index is 12.7. The smallest absolute Gasteiger partial charge is 0.271 e.